The average Bonchev–Trinajstić information content (AvgIpc) is 2.40. The van der Waals surface area contributed by atoms with E-state index in [-0.39, 0.29) is 18.3 Å². The minimum Gasteiger partial charge on any atom is -0.351 e. The normalized spacial score (nSPS) is 9.75. The van der Waals surface area contributed by atoms with Crippen molar-refractivity contribution in [2.75, 3.05) is 13.6 Å². The largest absolute Gasteiger partial charge is 0.351 e. The first-order valence-corrected chi connectivity index (χ1v) is 4.96. The van der Waals surface area contributed by atoms with Gasteiger partial charge in [0.2, 0.25) is 5.91 Å². The predicted octanol–water partition coefficient (Wildman–Crippen LogP) is 0.294. The van der Waals surface area contributed by atoms with Crippen LogP contribution in [0.25, 0.3) is 0 Å². The second kappa shape index (κ2) is 6.50. The summed E-state index contributed by atoms with van der Waals surface area (Å²) in [6, 6.07) is 0. The van der Waals surface area contributed by atoms with E-state index in [0.29, 0.717) is 13.1 Å². The summed E-state index contributed by atoms with van der Waals surface area (Å²) in [6.45, 7) is 4.84. The molecule has 0 saturated carbocycles. The van der Waals surface area contributed by atoms with Gasteiger partial charge in [-0.1, -0.05) is 0 Å². The Bertz CT molecular complexity index is 362. The molecule has 0 aliphatic heterocycles. The van der Waals surface area contributed by atoms with Gasteiger partial charge in [-0.3, -0.25) is 9.48 Å². The molecule has 0 saturated heterocycles. The van der Waals surface area contributed by atoms with Crippen LogP contribution in [0.5, 0.6) is 0 Å². The number of aromatic nitrogens is 2. The van der Waals surface area contributed by atoms with E-state index in [0.717, 1.165) is 17.0 Å². The molecule has 0 aliphatic rings. The average molecular weight is 247 g/mol. The van der Waals surface area contributed by atoms with Gasteiger partial charge in [0.05, 0.1) is 12.2 Å². The number of likely N-dealkylation sites (N-methyl/N-ethyl adjacent to an activating group) is 1. The number of carbonyl (C=O) groups is 1. The van der Waals surface area contributed by atoms with Gasteiger partial charge in [0, 0.05) is 24.8 Å². The Kier molecular flexibility index (Phi) is 6.06. The van der Waals surface area contributed by atoms with Crippen LogP contribution in [0.2, 0.25) is 0 Å². The van der Waals surface area contributed by atoms with Gasteiger partial charge in [-0.2, -0.15) is 5.10 Å². The van der Waals surface area contributed by atoms with Crippen molar-refractivity contribution in [3.05, 3.63) is 17.0 Å². The maximum Gasteiger partial charge on any atom is 0.234 e. The van der Waals surface area contributed by atoms with Gasteiger partial charge in [0.25, 0.3) is 0 Å². The SMILES string of the molecule is CNCC(=O)NCc1c(C)nn(C)c1C.Cl. The van der Waals surface area contributed by atoms with Crippen molar-refractivity contribution in [3.8, 4) is 0 Å². The molecule has 92 valence electrons. The van der Waals surface area contributed by atoms with Crippen LogP contribution in [0.4, 0.5) is 0 Å². The molecular weight excluding hydrogens is 228 g/mol. The molecule has 0 unspecified atom stereocenters. The van der Waals surface area contributed by atoms with Crippen LogP contribution in [0.1, 0.15) is 17.0 Å². The van der Waals surface area contributed by atoms with Crippen LogP contribution in [0, 0.1) is 13.8 Å². The molecule has 0 radical (unpaired) electrons. The molecule has 0 atom stereocenters. The maximum absolute atomic E-state index is 11.2. The fraction of sp³-hybridized carbons (Fsp3) is 0.600. The number of nitrogens with zero attached hydrogens (tertiary/aromatic N) is 2. The Morgan fingerprint density at radius 1 is 1.44 bits per heavy atom. The lowest BCUT2D eigenvalue weighted by Crippen LogP contribution is -2.31. The van der Waals surface area contributed by atoms with Crippen LogP contribution in [-0.2, 0) is 18.4 Å². The summed E-state index contributed by atoms with van der Waals surface area (Å²) in [4.78, 5) is 11.2. The molecule has 6 heteroatoms. The molecule has 1 heterocycles. The van der Waals surface area contributed by atoms with Crippen molar-refractivity contribution >= 4 is 18.3 Å². The third-order valence-corrected chi connectivity index (χ3v) is 2.46. The van der Waals surface area contributed by atoms with Crippen LogP contribution >= 0.6 is 12.4 Å². The minimum absolute atomic E-state index is 0. The maximum atomic E-state index is 11.2. The minimum atomic E-state index is 0. The first kappa shape index (κ1) is 14.9. The van der Waals surface area contributed by atoms with Crippen molar-refractivity contribution in [3.63, 3.8) is 0 Å². The molecule has 0 spiro atoms. The Hall–Kier alpha value is -1.07. The fourth-order valence-corrected chi connectivity index (χ4v) is 1.48. The summed E-state index contributed by atoms with van der Waals surface area (Å²) >= 11 is 0. The van der Waals surface area contributed by atoms with Crippen molar-refractivity contribution < 1.29 is 4.79 Å². The highest BCUT2D eigenvalue weighted by Crippen LogP contribution is 2.10. The second-order valence-corrected chi connectivity index (χ2v) is 3.58. The summed E-state index contributed by atoms with van der Waals surface area (Å²) in [6.07, 6.45) is 0. The number of halogens is 1. The van der Waals surface area contributed by atoms with Gasteiger partial charge < -0.3 is 10.6 Å². The molecule has 1 rings (SSSR count). The number of hydrogen-bond donors (Lipinski definition) is 2. The van der Waals surface area contributed by atoms with Gasteiger partial charge in [-0.25, -0.2) is 0 Å². The highest BCUT2D eigenvalue weighted by molar-refractivity contribution is 5.85. The van der Waals surface area contributed by atoms with E-state index in [9.17, 15) is 4.79 Å². The molecule has 16 heavy (non-hydrogen) atoms. The quantitative estimate of drug-likeness (QED) is 0.803. The zero-order valence-electron chi connectivity index (χ0n) is 10.1. The van der Waals surface area contributed by atoms with E-state index in [1.54, 1.807) is 7.05 Å². The third kappa shape index (κ3) is 3.50. The lowest BCUT2D eigenvalue weighted by Gasteiger charge is -2.05. The van der Waals surface area contributed by atoms with Crippen LogP contribution < -0.4 is 10.6 Å². The Morgan fingerprint density at radius 3 is 2.50 bits per heavy atom. The van der Waals surface area contributed by atoms with Gasteiger partial charge >= 0.3 is 0 Å². The standard InChI is InChI=1S/C10H18N4O.ClH/c1-7-9(8(2)14(4)13-7)5-12-10(15)6-11-3;/h11H,5-6H2,1-4H3,(H,12,15);1H. The number of carbonyl (C=O) groups excluding carboxylic acids is 1. The van der Waals surface area contributed by atoms with Crippen molar-refractivity contribution in [2.24, 2.45) is 7.05 Å². The van der Waals surface area contributed by atoms with Crippen LogP contribution in [0.15, 0.2) is 0 Å². The van der Waals surface area contributed by atoms with E-state index < -0.39 is 0 Å². The smallest absolute Gasteiger partial charge is 0.234 e. The third-order valence-electron chi connectivity index (χ3n) is 2.46. The van der Waals surface area contributed by atoms with E-state index >= 15 is 0 Å². The lowest BCUT2D eigenvalue weighted by molar-refractivity contribution is -0.120. The zero-order valence-corrected chi connectivity index (χ0v) is 10.9. The Balaban J connectivity index is 0.00000225. The number of hydrogen-bond acceptors (Lipinski definition) is 3. The van der Waals surface area contributed by atoms with Gasteiger partial charge in [0.1, 0.15) is 0 Å². The molecule has 1 aromatic rings. The number of aryl methyl sites for hydroxylation is 2. The fourth-order valence-electron chi connectivity index (χ4n) is 1.48. The van der Waals surface area contributed by atoms with Gasteiger partial charge in [-0.05, 0) is 20.9 Å². The van der Waals surface area contributed by atoms with Gasteiger partial charge in [-0.15, -0.1) is 12.4 Å². The topological polar surface area (TPSA) is 59.0 Å². The van der Waals surface area contributed by atoms with Gasteiger partial charge in [0.15, 0.2) is 0 Å². The molecule has 0 aliphatic carbocycles. The number of nitrogens with one attached hydrogen (secondary N) is 2. The second-order valence-electron chi connectivity index (χ2n) is 3.58. The van der Waals surface area contributed by atoms with Crippen LogP contribution in [0.3, 0.4) is 0 Å². The summed E-state index contributed by atoms with van der Waals surface area (Å²) in [5.41, 5.74) is 3.17. The first-order valence-electron chi connectivity index (χ1n) is 4.96. The molecule has 1 amide bonds. The first-order chi connectivity index (χ1) is 7.06. The summed E-state index contributed by atoms with van der Waals surface area (Å²) in [5, 5.41) is 9.93. The van der Waals surface area contributed by atoms with E-state index in [1.807, 2.05) is 25.6 Å². The van der Waals surface area contributed by atoms with E-state index in [2.05, 4.69) is 15.7 Å². The molecule has 5 nitrogen and oxygen atoms in total. The van der Waals surface area contributed by atoms with Crippen LogP contribution in [-0.4, -0.2) is 29.3 Å². The number of rotatable bonds is 4. The Morgan fingerprint density at radius 2 is 2.06 bits per heavy atom. The molecule has 0 aromatic carbocycles. The highest BCUT2D eigenvalue weighted by atomic mass is 35.5. The summed E-state index contributed by atoms with van der Waals surface area (Å²) < 4.78 is 1.83. The predicted molar refractivity (Wildman–Crippen MR) is 65.7 cm³/mol. The van der Waals surface area contributed by atoms with Crippen molar-refractivity contribution in [2.45, 2.75) is 20.4 Å². The molecule has 0 bridgehead atoms. The molecule has 1 aromatic heterocycles. The zero-order chi connectivity index (χ0) is 11.4. The molecule has 0 fully saturated rings. The number of amides is 1. The lowest BCUT2D eigenvalue weighted by atomic mass is 10.2. The van der Waals surface area contributed by atoms with E-state index in [1.165, 1.54) is 0 Å². The van der Waals surface area contributed by atoms with E-state index in [4.69, 9.17) is 0 Å². The molecule has 2 N–H and O–H groups in total. The molecular formula is C10H19ClN4O. The summed E-state index contributed by atoms with van der Waals surface area (Å²) in [7, 11) is 3.65. The summed E-state index contributed by atoms with van der Waals surface area (Å²) in [5.74, 6) is 0.000142. The monoisotopic (exact) mass is 246 g/mol. The highest BCUT2D eigenvalue weighted by Gasteiger charge is 2.09. The van der Waals surface area contributed by atoms with Crippen molar-refractivity contribution in [1.82, 2.24) is 20.4 Å². The Labute approximate surface area is 102 Å². The van der Waals surface area contributed by atoms with Crippen molar-refractivity contribution in [1.29, 1.82) is 0 Å².